The molecule has 0 saturated carbocycles. The quantitative estimate of drug-likeness (QED) is 0.320. The summed E-state index contributed by atoms with van der Waals surface area (Å²) in [6.07, 6.45) is 0. The molecular weight excluding hydrogens is 391 g/mol. The fourth-order valence-electron chi connectivity index (χ4n) is 1.28. The average Bonchev–Trinajstić information content (AvgIpc) is 2.49. The highest BCUT2D eigenvalue weighted by molar-refractivity contribution is 8.79. The lowest BCUT2D eigenvalue weighted by Gasteiger charge is -2.14. The van der Waals surface area contributed by atoms with Crippen molar-refractivity contribution in [3.8, 4) is 0 Å². The van der Waals surface area contributed by atoms with Crippen LogP contribution in [-0.2, 0) is 28.4 Å². The Kier molecular flexibility index (Phi) is 18.5. The summed E-state index contributed by atoms with van der Waals surface area (Å²) in [6.45, 7) is 5.80. The van der Waals surface area contributed by atoms with Gasteiger partial charge in [-0.1, -0.05) is 0 Å². The number of halogens is 3. The molecule has 0 atom stereocenters. The minimum Gasteiger partial charge on any atom is -0.382 e. The van der Waals surface area contributed by atoms with Crippen LogP contribution in [0.2, 0.25) is 0 Å². The zero-order chi connectivity index (χ0) is 17.2. The van der Waals surface area contributed by atoms with Crippen LogP contribution in [0, 0.1) is 0 Å². The van der Waals surface area contributed by atoms with Gasteiger partial charge >= 0.3 is 0 Å². The molecule has 0 unspecified atom stereocenters. The van der Waals surface area contributed by atoms with E-state index in [1.165, 1.54) is 0 Å². The molecule has 0 aliphatic carbocycles. The number of methoxy groups -OCH3 is 1. The molecule has 0 radical (unpaired) electrons. The van der Waals surface area contributed by atoms with Gasteiger partial charge in [0.25, 0.3) is 0 Å². The zero-order valence-corrected chi connectivity index (χ0v) is 16.6. The Morgan fingerprint density at radius 2 is 0.826 bits per heavy atom. The Morgan fingerprint density at radius 3 is 1.13 bits per heavy atom. The third-order valence-electron chi connectivity index (χ3n) is 2.38. The maximum Gasteiger partial charge on any atom is 0.0701 e. The van der Waals surface area contributed by atoms with Crippen molar-refractivity contribution < 1.29 is 28.4 Å². The molecule has 6 nitrogen and oxygen atoms in total. The van der Waals surface area contributed by atoms with E-state index < -0.39 is 7.67 Å². The molecular formula is C13H27Cl3O6S. The summed E-state index contributed by atoms with van der Waals surface area (Å²) in [6, 6.07) is 0. The summed E-state index contributed by atoms with van der Waals surface area (Å²) in [5.41, 5.74) is 0. The lowest BCUT2D eigenvalue weighted by atomic mass is 10.7. The van der Waals surface area contributed by atoms with Gasteiger partial charge < -0.3 is 28.4 Å². The molecule has 0 amide bonds. The fraction of sp³-hybridized carbons (Fsp3) is 1.00. The first-order chi connectivity index (χ1) is 11.1. The molecule has 0 N–H and O–H groups in total. The van der Waals surface area contributed by atoms with Gasteiger partial charge in [0.1, 0.15) is 0 Å². The molecule has 0 rings (SSSR count). The van der Waals surface area contributed by atoms with Crippen molar-refractivity contribution in [2.45, 2.75) is 0 Å². The van der Waals surface area contributed by atoms with Crippen LogP contribution in [0.4, 0.5) is 0 Å². The molecule has 23 heavy (non-hydrogen) atoms. The molecule has 0 heterocycles. The van der Waals surface area contributed by atoms with Crippen LogP contribution in [0.5, 0.6) is 0 Å². The summed E-state index contributed by atoms with van der Waals surface area (Å²) < 4.78 is 31.4. The van der Waals surface area contributed by atoms with E-state index in [9.17, 15) is 0 Å². The number of hydrogen-bond donors (Lipinski definition) is 0. The minimum atomic E-state index is -2.04. The van der Waals surface area contributed by atoms with E-state index in [2.05, 4.69) is 0 Å². The summed E-state index contributed by atoms with van der Waals surface area (Å²) in [7, 11) is 16.6. The maximum atomic E-state index is 5.67. The smallest absolute Gasteiger partial charge is 0.0701 e. The predicted octanol–water partition coefficient (Wildman–Crippen LogP) is 2.98. The van der Waals surface area contributed by atoms with Gasteiger partial charge in [0, 0.05) is 12.9 Å². The van der Waals surface area contributed by atoms with Crippen LogP contribution in [0.3, 0.4) is 0 Å². The molecule has 0 bridgehead atoms. The van der Waals surface area contributed by atoms with Gasteiger partial charge in [-0.05, 0) is 39.7 Å². The van der Waals surface area contributed by atoms with Crippen molar-refractivity contribution in [3.63, 3.8) is 0 Å². The highest BCUT2D eigenvalue weighted by atomic mass is 36.2. The SMILES string of the molecule is COCCOCCOCCOCCOCCOCCS(Cl)(Cl)Cl. The summed E-state index contributed by atoms with van der Waals surface area (Å²) in [5, 5.41) is 0. The first-order valence-corrected chi connectivity index (χ1v) is 11.6. The molecule has 0 aromatic heterocycles. The van der Waals surface area contributed by atoms with Crippen molar-refractivity contribution in [3.05, 3.63) is 0 Å². The summed E-state index contributed by atoms with van der Waals surface area (Å²) in [5.74, 6) is 0.443. The van der Waals surface area contributed by atoms with Crippen molar-refractivity contribution in [2.75, 3.05) is 85.5 Å². The van der Waals surface area contributed by atoms with Crippen LogP contribution in [0.1, 0.15) is 0 Å². The first kappa shape index (κ1) is 24.0. The molecule has 0 spiro atoms. The monoisotopic (exact) mass is 416 g/mol. The molecule has 0 aliphatic heterocycles. The van der Waals surface area contributed by atoms with E-state index in [0.717, 1.165) is 0 Å². The Labute approximate surface area is 153 Å². The second-order valence-electron chi connectivity index (χ2n) is 4.26. The van der Waals surface area contributed by atoms with E-state index >= 15 is 0 Å². The standard InChI is InChI=1S/C13H27Cl3O6S/c1-17-2-3-18-4-5-19-6-7-20-8-9-21-10-11-22-12-13-23(14,15)16/h2-13H2,1H3. The first-order valence-electron chi connectivity index (χ1n) is 7.34. The van der Waals surface area contributed by atoms with Crippen molar-refractivity contribution in [2.24, 2.45) is 0 Å². The van der Waals surface area contributed by atoms with Gasteiger partial charge in [-0.2, -0.15) is 0 Å². The van der Waals surface area contributed by atoms with Crippen LogP contribution in [-0.4, -0.2) is 85.5 Å². The molecule has 142 valence electrons. The van der Waals surface area contributed by atoms with Crippen molar-refractivity contribution in [1.29, 1.82) is 0 Å². The highest BCUT2D eigenvalue weighted by Crippen LogP contribution is 2.62. The van der Waals surface area contributed by atoms with E-state index in [-0.39, 0.29) is 0 Å². The largest absolute Gasteiger partial charge is 0.382 e. The Bertz CT molecular complexity index is 246. The van der Waals surface area contributed by atoms with Gasteiger partial charge in [0.15, 0.2) is 0 Å². The van der Waals surface area contributed by atoms with Gasteiger partial charge in [0.2, 0.25) is 0 Å². The van der Waals surface area contributed by atoms with E-state index in [1.807, 2.05) is 0 Å². The van der Waals surface area contributed by atoms with Crippen LogP contribution in [0.15, 0.2) is 0 Å². The van der Waals surface area contributed by atoms with Crippen molar-refractivity contribution in [1.82, 2.24) is 0 Å². The van der Waals surface area contributed by atoms with E-state index in [1.54, 1.807) is 7.11 Å². The lowest BCUT2D eigenvalue weighted by molar-refractivity contribution is -0.0139. The molecule has 0 aromatic carbocycles. The second-order valence-corrected chi connectivity index (χ2v) is 11.8. The number of hydrogen-bond acceptors (Lipinski definition) is 6. The number of ether oxygens (including phenoxy) is 6. The Hall–Kier alpha value is 0.980. The molecule has 0 saturated heterocycles. The average molecular weight is 418 g/mol. The number of rotatable bonds is 18. The molecule has 0 aliphatic rings. The van der Waals surface area contributed by atoms with Gasteiger partial charge in [-0.3, -0.25) is 0 Å². The van der Waals surface area contributed by atoms with E-state index in [0.29, 0.717) is 78.4 Å². The molecule has 0 aromatic rings. The Balaban J connectivity index is 3.00. The normalized spacial score (nSPS) is 12.7. The van der Waals surface area contributed by atoms with E-state index in [4.69, 9.17) is 60.5 Å². The minimum absolute atomic E-state index is 0.429. The molecule has 0 fully saturated rings. The third-order valence-corrected chi connectivity index (χ3v) is 4.40. The van der Waals surface area contributed by atoms with Crippen LogP contribution < -0.4 is 0 Å². The van der Waals surface area contributed by atoms with Gasteiger partial charge in [-0.15, -0.1) is 0 Å². The fourth-order valence-corrected chi connectivity index (χ4v) is 2.15. The summed E-state index contributed by atoms with van der Waals surface area (Å²) >= 11 is 0. The Morgan fingerprint density at radius 1 is 0.522 bits per heavy atom. The topological polar surface area (TPSA) is 55.4 Å². The van der Waals surface area contributed by atoms with Crippen molar-refractivity contribution >= 4 is 39.7 Å². The molecule has 10 heteroatoms. The zero-order valence-electron chi connectivity index (χ0n) is 13.5. The van der Waals surface area contributed by atoms with Gasteiger partial charge in [-0.25, -0.2) is 0 Å². The third kappa shape index (κ3) is 23.0. The highest BCUT2D eigenvalue weighted by Gasteiger charge is 2.12. The predicted molar refractivity (Wildman–Crippen MR) is 96.0 cm³/mol. The lowest BCUT2D eigenvalue weighted by Crippen LogP contribution is -2.14. The summed E-state index contributed by atoms with van der Waals surface area (Å²) in [4.78, 5) is 0. The van der Waals surface area contributed by atoms with Crippen LogP contribution in [0.25, 0.3) is 0 Å². The van der Waals surface area contributed by atoms with Crippen LogP contribution >= 0.6 is 39.7 Å². The second kappa shape index (κ2) is 17.8. The van der Waals surface area contributed by atoms with Gasteiger partial charge in [0.05, 0.1) is 72.7 Å². The maximum absolute atomic E-state index is 5.67.